The van der Waals surface area contributed by atoms with E-state index in [1.807, 2.05) is 44.2 Å². The SMILES string of the molecule is CC(C)CC(C(=O)OC(C)(C)C)C(CNCS(C)(=O)=O)C(=O)OCc1ccccc1. The van der Waals surface area contributed by atoms with Crippen molar-refractivity contribution in [2.45, 2.75) is 53.2 Å². The van der Waals surface area contributed by atoms with Gasteiger partial charge in [-0.1, -0.05) is 44.2 Å². The average Bonchev–Trinajstić information content (AvgIpc) is 2.60. The summed E-state index contributed by atoms with van der Waals surface area (Å²) >= 11 is 0. The molecule has 0 amide bonds. The Hall–Kier alpha value is -1.93. The van der Waals surface area contributed by atoms with E-state index in [4.69, 9.17) is 9.47 Å². The highest BCUT2D eigenvalue weighted by molar-refractivity contribution is 7.90. The number of carbonyl (C=O) groups excluding carboxylic acids is 2. The van der Waals surface area contributed by atoms with Crippen molar-refractivity contribution in [1.29, 1.82) is 0 Å². The first kappa shape index (κ1) is 26.1. The largest absolute Gasteiger partial charge is 0.461 e. The summed E-state index contributed by atoms with van der Waals surface area (Å²) in [5.41, 5.74) is 0.122. The van der Waals surface area contributed by atoms with Crippen LogP contribution in [0.2, 0.25) is 0 Å². The Morgan fingerprint density at radius 1 is 1.03 bits per heavy atom. The maximum Gasteiger partial charge on any atom is 0.311 e. The van der Waals surface area contributed by atoms with Crippen molar-refractivity contribution in [2.24, 2.45) is 17.8 Å². The van der Waals surface area contributed by atoms with Gasteiger partial charge in [0.2, 0.25) is 0 Å². The van der Waals surface area contributed by atoms with Crippen LogP contribution in [0.1, 0.15) is 46.6 Å². The molecular formula is C22H35NO6S. The zero-order chi connectivity index (χ0) is 22.9. The summed E-state index contributed by atoms with van der Waals surface area (Å²) in [6, 6.07) is 9.23. The van der Waals surface area contributed by atoms with Crippen LogP contribution in [0.4, 0.5) is 0 Å². The topological polar surface area (TPSA) is 98.8 Å². The van der Waals surface area contributed by atoms with Gasteiger partial charge in [-0.3, -0.25) is 9.59 Å². The molecule has 1 aromatic carbocycles. The third kappa shape index (κ3) is 10.7. The number of rotatable bonds is 11. The number of carbonyl (C=O) groups is 2. The van der Waals surface area contributed by atoms with E-state index in [-0.39, 0.29) is 24.9 Å². The molecule has 0 aliphatic carbocycles. The first-order valence-corrected chi connectivity index (χ1v) is 12.2. The number of sulfone groups is 1. The monoisotopic (exact) mass is 441 g/mol. The fourth-order valence-electron chi connectivity index (χ4n) is 2.94. The normalized spacial score (nSPS) is 14.2. The van der Waals surface area contributed by atoms with Gasteiger partial charge in [-0.15, -0.1) is 0 Å². The zero-order valence-corrected chi connectivity index (χ0v) is 19.6. The second kappa shape index (κ2) is 11.5. The Balaban J connectivity index is 3.04. The Morgan fingerprint density at radius 3 is 2.13 bits per heavy atom. The van der Waals surface area contributed by atoms with E-state index in [0.717, 1.165) is 11.8 Å². The van der Waals surface area contributed by atoms with Crippen molar-refractivity contribution in [3.63, 3.8) is 0 Å². The maximum atomic E-state index is 12.9. The summed E-state index contributed by atoms with van der Waals surface area (Å²) in [4.78, 5) is 25.8. The standard InChI is InChI=1S/C22H35NO6S/c1-16(2)12-18(21(25)29-22(3,4)5)19(13-23-15-30(6,26)27)20(24)28-14-17-10-8-7-9-11-17/h7-11,16,18-19,23H,12-15H2,1-6H3. The molecule has 30 heavy (non-hydrogen) atoms. The van der Waals surface area contributed by atoms with E-state index < -0.39 is 39.2 Å². The van der Waals surface area contributed by atoms with Gasteiger partial charge in [-0.25, -0.2) is 8.42 Å². The van der Waals surface area contributed by atoms with E-state index in [0.29, 0.717) is 6.42 Å². The van der Waals surface area contributed by atoms with Crippen molar-refractivity contribution < 1.29 is 27.5 Å². The van der Waals surface area contributed by atoms with E-state index in [9.17, 15) is 18.0 Å². The number of benzene rings is 1. The van der Waals surface area contributed by atoms with Gasteiger partial charge in [-0.05, 0) is 38.7 Å². The molecule has 2 unspecified atom stereocenters. The van der Waals surface area contributed by atoms with Gasteiger partial charge in [0.15, 0.2) is 9.84 Å². The van der Waals surface area contributed by atoms with Crippen LogP contribution in [0.3, 0.4) is 0 Å². The van der Waals surface area contributed by atoms with Crippen LogP contribution < -0.4 is 5.32 Å². The highest BCUT2D eigenvalue weighted by Crippen LogP contribution is 2.26. The highest BCUT2D eigenvalue weighted by atomic mass is 32.2. The molecule has 1 aromatic rings. The minimum Gasteiger partial charge on any atom is -0.461 e. The summed E-state index contributed by atoms with van der Waals surface area (Å²) in [6.07, 6.45) is 1.52. The molecule has 0 radical (unpaired) electrons. The summed E-state index contributed by atoms with van der Waals surface area (Å²) in [5, 5.41) is 2.78. The minimum atomic E-state index is -3.28. The number of esters is 2. The molecule has 0 spiro atoms. The van der Waals surface area contributed by atoms with Crippen LogP contribution in [0.25, 0.3) is 0 Å². The van der Waals surface area contributed by atoms with Crippen LogP contribution in [0, 0.1) is 17.8 Å². The van der Waals surface area contributed by atoms with Gasteiger partial charge < -0.3 is 14.8 Å². The molecule has 0 saturated heterocycles. The Bertz CT molecular complexity index is 784. The summed E-state index contributed by atoms with van der Waals surface area (Å²) in [6.45, 7) is 9.27. The molecule has 0 aliphatic heterocycles. The van der Waals surface area contributed by atoms with E-state index in [2.05, 4.69) is 5.32 Å². The summed E-state index contributed by atoms with van der Waals surface area (Å²) in [5.74, 6) is -2.83. The van der Waals surface area contributed by atoms with Gasteiger partial charge in [-0.2, -0.15) is 0 Å². The molecule has 2 atom stereocenters. The fraction of sp³-hybridized carbons (Fsp3) is 0.636. The Kier molecular flexibility index (Phi) is 9.97. The van der Waals surface area contributed by atoms with E-state index in [1.165, 1.54) is 0 Å². The molecule has 170 valence electrons. The van der Waals surface area contributed by atoms with Crippen molar-refractivity contribution in [3.05, 3.63) is 35.9 Å². The lowest BCUT2D eigenvalue weighted by Gasteiger charge is -2.29. The molecule has 0 aliphatic rings. The first-order chi connectivity index (χ1) is 13.8. The summed E-state index contributed by atoms with van der Waals surface area (Å²) < 4.78 is 34.0. The van der Waals surface area contributed by atoms with Gasteiger partial charge in [0.25, 0.3) is 0 Å². The quantitative estimate of drug-likeness (QED) is 0.527. The first-order valence-electron chi connectivity index (χ1n) is 10.1. The molecule has 0 saturated carbocycles. The van der Waals surface area contributed by atoms with Crippen molar-refractivity contribution in [3.8, 4) is 0 Å². The molecular weight excluding hydrogens is 406 g/mol. The average molecular weight is 442 g/mol. The number of hydrogen-bond donors (Lipinski definition) is 1. The molecule has 7 nitrogen and oxygen atoms in total. The predicted molar refractivity (Wildman–Crippen MR) is 116 cm³/mol. The van der Waals surface area contributed by atoms with Crippen LogP contribution in [0.5, 0.6) is 0 Å². The van der Waals surface area contributed by atoms with Gasteiger partial charge in [0, 0.05) is 12.8 Å². The molecule has 0 bridgehead atoms. The number of ether oxygens (including phenoxy) is 2. The number of nitrogens with one attached hydrogen (secondary N) is 1. The molecule has 1 N–H and O–H groups in total. The smallest absolute Gasteiger partial charge is 0.311 e. The Labute approximate surface area is 180 Å². The van der Waals surface area contributed by atoms with Crippen LogP contribution in [-0.2, 0) is 35.5 Å². The van der Waals surface area contributed by atoms with Crippen LogP contribution in [-0.4, -0.2) is 44.6 Å². The maximum absolute atomic E-state index is 12.9. The second-order valence-electron chi connectivity index (χ2n) is 8.99. The van der Waals surface area contributed by atoms with Gasteiger partial charge in [0.05, 0.1) is 17.7 Å². The lowest BCUT2D eigenvalue weighted by molar-refractivity contribution is -0.169. The van der Waals surface area contributed by atoms with Gasteiger partial charge in [0.1, 0.15) is 12.2 Å². The molecule has 1 rings (SSSR count). The minimum absolute atomic E-state index is 0.00266. The molecule has 0 heterocycles. The van der Waals surface area contributed by atoms with E-state index in [1.54, 1.807) is 20.8 Å². The van der Waals surface area contributed by atoms with Crippen molar-refractivity contribution >= 4 is 21.8 Å². The van der Waals surface area contributed by atoms with Crippen LogP contribution >= 0.6 is 0 Å². The summed E-state index contributed by atoms with van der Waals surface area (Å²) in [7, 11) is -3.28. The fourth-order valence-corrected chi connectivity index (χ4v) is 3.42. The second-order valence-corrected chi connectivity index (χ2v) is 11.1. The number of hydrogen-bond acceptors (Lipinski definition) is 7. The molecule has 0 aromatic heterocycles. The third-order valence-electron chi connectivity index (χ3n) is 4.18. The molecule has 8 heteroatoms. The third-order valence-corrected chi connectivity index (χ3v) is 4.90. The van der Waals surface area contributed by atoms with Crippen molar-refractivity contribution in [1.82, 2.24) is 5.32 Å². The van der Waals surface area contributed by atoms with Gasteiger partial charge >= 0.3 is 11.9 Å². The highest BCUT2D eigenvalue weighted by Gasteiger charge is 2.38. The zero-order valence-electron chi connectivity index (χ0n) is 18.8. The lowest BCUT2D eigenvalue weighted by atomic mass is 9.85. The lowest BCUT2D eigenvalue weighted by Crippen LogP contribution is -2.42. The van der Waals surface area contributed by atoms with E-state index >= 15 is 0 Å². The molecule has 0 fully saturated rings. The van der Waals surface area contributed by atoms with Crippen molar-refractivity contribution in [2.75, 3.05) is 18.7 Å². The van der Waals surface area contributed by atoms with Crippen LogP contribution in [0.15, 0.2) is 30.3 Å². The Morgan fingerprint density at radius 2 is 1.63 bits per heavy atom. The predicted octanol–water partition coefficient (Wildman–Crippen LogP) is 2.94.